The number of aldehydes is 1. The Balaban J connectivity index is 1.74. The molecule has 0 radical (unpaired) electrons. The van der Waals surface area contributed by atoms with Gasteiger partial charge in [0.1, 0.15) is 16.6 Å². The lowest BCUT2D eigenvalue weighted by atomic mass is 10.0. The zero-order valence-corrected chi connectivity index (χ0v) is 23.5. The standard InChI is InChI=1S/C31H30F2N4O3S/c1-3-34-31(40)35-23-14-12-22(13-15-23)29-24(17-36(2)16-21-8-5-4-6-9-21)26(19-38)30(41-29)37(20-39)18-25-27(32)10-7-11-28(25)33/h4-15,19-20H,3,16-18H2,1-2H3,(H2,34,35,40). The van der Waals surface area contributed by atoms with Gasteiger partial charge in [-0.25, -0.2) is 13.6 Å². The number of hydrogen-bond donors (Lipinski definition) is 2. The molecule has 41 heavy (non-hydrogen) atoms. The molecule has 10 heteroatoms. The quantitative estimate of drug-likeness (QED) is 0.190. The van der Waals surface area contributed by atoms with Crippen LogP contribution in [0.3, 0.4) is 0 Å². The van der Waals surface area contributed by atoms with E-state index < -0.39 is 11.6 Å². The lowest BCUT2D eigenvalue weighted by Gasteiger charge is -2.19. The minimum atomic E-state index is -0.778. The summed E-state index contributed by atoms with van der Waals surface area (Å²) < 4.78 is 28.9. The highest BCUT2D eigenvalue weighted by molar-refractivity contribution is 7.20. The highest BCUT2D eigenvalue weighted by Crippen LogP contribution is 2.43. The van der Waals surface area contributed by atoms with Gasteiger partial charge < -0.3 is 15.5 Å². The Morgan fingerprint density at radius 1 is 0.878 bits per heavy atom. The van der Waals surface area contributed by atoms with Gasteiger partial charge in [-0.1, -0.05) is 48.5 Å². The van der Waals surface area contributed by atoms with Crippen LogP contribution in [0.2, 0.25) is 0 Å². The van der Waals surface area contributed by atoms with E-state index in [1.165, 1.54) is 17.4 Å². The van der Waals surface area contributed by atoms with E-state index in [4.69, 9.17) is 0 Å². The van der Waals surface area contributed by atoms with Gasteiger partial charge in [-0.15, -0.1) is 11.3 Å². The fourth-order valence-electron chi connectivity index (χ4n) is 4.46. The van der Waals surface area contributed by atoms with Crippen molar-refractivity contribution < 1.29 is 23.2 Å². The number of thiophene rings is 1. The number of nitrogens with zero attached hydrogens (tertiary/aromatic N) is 2. The van der Waals surface area contributed by atoms with Gasteiger partial charge >= 0.3 is 6.03 Å². The molecule has 0 unspecified atom stereocenters. The van der Waals surface area contributed by atoms with Gasteiger partial charge in [0.25, 0.3) is 0 Å². The number of amides is 3. The molecule has 2 N–H and O–H groups in total. The minimum Gasteiger partial charge on any atom is -0.338 e. The first-order valence-electron chi connectivity index (χ1n) is 13.0. The number of nitrogens with one attached hydrogen (secondary N) is 2. The summed E-state index contributed by atoms with van der Waals surface area (Å²) in [5.41, 5.74) is 3.12. The van der Waals surface area contributed by atoms with Crippen LogP contribution in [0.4, 0.5) is 24.3 Å². The van der Waals surface area contributed by atoms with E-state index in [1.807, 2.05) is 61.3 Å². The van der Waals surface area contributed by atoms with E-state index in [1.54, 1.807) is 12.1 Å². The van der Waals surface area contributed by atoms with Gasteiger partial charge in [-0.05, 0) is 54.9 Å². The molecular formula is C31H30F2N4O3S. The molecule has 0 aliphatic carbocycles. The number of benzene rings is 3. The molecule has 0 spiro atoms. The Labute approximate surface area is 241 Å². The van der Waals surface area contributed by atoms with Gasteiger partial charge in [0, 0.05) is 35.8 Å². The molecule has 0 fully saturated rings. The average Bonchev–Trinajstić information content (AvgIpc) is 3.31. The average molecular weight is 577 g/mol. The van der Waals surface area contributed by atoms with Crippen molar-refractivity contribution in [2.75, 3.05) is 23.8 Å². The smallest absolute Gasteiger partial charge is 0.319 e. The van der Waals surface area contributed by atoms with Crippen molar-refractivity contribution >= 4 is 40.8 Å². The van der Waals surface area contributed by atoms with Crippen LogP contribution >= 0.6 is 11.3 Å². The number of halogens is 2. The normalized spacial score (nSPS) is 10.9. The fraction of sp³-hybridized carbons (Fsp3) is 0.194. The van der Waals surface area contributed by atoms with Crippen LogP contribution in [0.15, 0.2) is 72.8 Å². The predicted octanol–water partition coefficient (Wildman–Crippen LogP) is 6.44. The van der Waals surface area contributed by atoms with Crippen molar-refractivity contribution in [3.05, 3.63) is 107 Å². The first kappa shape index (κ1) is 29.6. The fourth-order valence-corrected chi connectivity index (χ4v) is 5.71. The van der Waals surface area contributed by atoms with Crippen molar-refractivity contribution in [2.24, 2.45) is 0 Å². The zero-order valence-electron chi connectivity index (χ0n) is 22.7. The number of carbonyl (C=O) groups excluding carboxylic acids is 3. The van der Waals surface area contributed by atoms with E-state index >= 15 is 0 Å². The third kappa shape index (κ3) is 7.22. The molecule has 3 amide bonds. The van der Waals surface area contributed by atoms with Crippen LogP contribution in [0.1, 0.15) is 34.0 Å². The van der Waals surface area contributed by atoms with Crippen LogP contribution in [0.25, 0.3) is 10.4 Å². The van der Waals surface area contributed by atoms with Gasteiger partial charge in [0.05, 0.1) is 12.1 Å². The molecule has 0 saturated heterocycles. The Kier molecular flexibility index (Phi) is 9.94. The van der Waals surface area contributed by atoms with E-state index in [9.17, 15) is 23.2 Å². The number of carbonyl (C=O) groups is 3. The summed E-state index contributed by atoms with van der Waals surface area (Å²) in [6.07, 6.45) is 1.16. The Morgan fingerprint density at radius 3 is 2.17 bits per heavy atom. The molecule has 0 bridgehead atoms. The lowest BCUT2D eigenvalue weighted by molar-refractivity contribution is -0.107. The zero-order chi connectivity index (χ0) is 29.4. The van der Waals surface area contributed by atoms with E-state index in [0.29, 0.717) is 48.6 Å². The van der Waals surface area contributed by atoms with Crippen molar-refractivity contribution in [3.63, 3.8) is 0 Å². The summed E-state index contributed by atoms with van der Waals surface area (Å²) in [6.45, 7) is 2.91. The maximum Gasteiger partial charge on any atom is 0.319 e. The number of anilines is 2. The first-order chi connectivity index (χ1) is 19.8. The first-order valence-corrected chi connectivity index (χ1v) is 13.8. The summed E-state index contributed by atoms with van der Waals surface area (Å²) in [5.74, 6) is -1.56. The highest BCUT2D eigenvalue weighted by atomic mass is 32.1. The van der Waals surface area contributed by atoms with Crippen molar-refractivity contribution in [1.29, 1.82) is 0 Å². The molecular weight excluding hydrogens is 546 g/mol. The van der Waals surface area contributed by atoms with Crippen LogP contribution in [0, 0.1) is 11.6 Å². The third-order valence-electron chi connectivity index (χ3n) is 6.39. The highest BCUT2D eigenvalue weighted by Gasteiger charge is 2.25. The molecule has 1 aromatic heterocycles. The van der Waals surface area contributed by atoms with Crippen LogP contribution in [0.5, 0.6) is 0 Å². The third-order valence-corrected chi connectivity index (χ3v) is 7.72. The maximum atomic E-state index is 14.5. The Bertz CT molecular complexity index is 1490. The minimum absolute atomic E-state index is 0.269. The van der Waals surface area contributed by atoms with Crippen molar-refractivity contribution in [2.45, 2.75) is 26.6 Å². The molecule has 3 aromatic carbocycles. The molecule has 1 heterocycles. The van der Waals surface area contributed by atoms with Crippen molar-refractivity contribution in [3.8, 4) is 10.4 Å². The SMILES string of the molecule is CCNC(=O)Nc1ccc(-c2sc(N(C=O)Cc3c(F)cccc3F)c(C=O)c2CN(C)Cc2ccccc2)cc1. The molecule has 212 valence electrons. The summed E-state index contributed by atoms with van der Waals surface area (Å²) in [7, 11) is 1.92. The van der Waals surface area contributed by atoms with Crippen LogP contribution in [-0.2, 0) is 24.4 Å². The molecule has 0 atom stereocenters. The molecule has 0 aliphatic heterocycles. The number of urea groups is 1. The van der Waals surface area contributed by atoms with E-state index in [2.05, 4.69) is 10.6 Å². The second-order valence-corrected chi connectivity index (χ2v) is 10.4. The molecule has 7 nitrogen and oxygen atoms in total. The van der Waals surface area contributed by atoms with Gasteiger partial charge in [0.2, 0.25) is 6.41 Å². The summed E-state index contributed by atoms with van der Waals surface area (Å²) in [5, 5.41) is 5.72. The van der Waals surface area contributed by atoms with Gasteiger partial charge in [0.15, 0.2) is 6.29 Å². The van der Waals surface area contributed by atoms with E-state index in [-0.39, 0.29) is 23.7 Å². The second-order valence-electron chi connectivity index (χ2n) is 9.40. The number of hydrogen-bond acceptors (Lipinski definition) is 5. The number of rotatable bonds is 12. The lowest BCUT2D eigenvalue weighted by Crippen LogP contribution is -2.28. The van der Waals surface area contributed by atoms with Crippen LogP contribution < -0.4 is 15.5 Å². The molecule has 0 saturated carbocycles. The monoisotopic (exact) mass is 576 g/mol. The Morgan fingerprint density at radius 2 is 1.56 bits per heavy atom. The van der Waals surface area contributed by atoms with E-state index in [0.717, 1.165) is 33.0 Å². The van der Waals surface area contributed by atoms with Gasteiger partial charge in [-0.2, -0.15) is 0 Å². The van der Waals surface area contributed by atoms with Gasteiger partial charge in [-0.3, -0.25) is 14.5 Å². The maximum absolute atomic E-state index is 14.5. The predicted molar refractivity (Wildman–Crippen MR) is 158 cm³/mol. The molecule has 4 rings (SSSR count). The topological polar surface area (TPSA) is 81.8 Å². The summed E-state index contributed by atoms with van der Waals surface area (Å²) in [6, 6.07) is 20.2. The molecule has 0 aliphatic rings. The summed E-state index contributed by atoms with van der Waals surface area (Å²) >= 11 is 1.20. The summed E-state index contributed by atoms with van der Waals surface area (Å²) in [4.78, 5) is 40.6. The van der Waals surface area contributed by atoms with Crippen LogP contribution in [-0.4, -0.2) is 37.2 Å². The Hall–Kier alpha value is -4.41. The second kappa shape index (κ2) is 13.8. The van der Waals surface area contributed by atoms with Crippen molar-refractivity contribution in [1.82, 2.24) is 10.2 Å². The molecule has 4 aromatic rings. The largest absolute Gasteiger partial charge is 0.338 e.